The minimum Gasteiger partial charge on any atom is -0.487 e. The van der Waals surface area contributed by atoms with Gasteiger partial charge in [-0.1, -0.05) is 60.7 Å². The molecule has 5 rings (SSSR count). The first-order chi connectivity index (χ1) is 19.4. The number of anilines is 1. The van der Waals surface area contributed by atoms with Crippen molar-refractivity contribution in [1.82, 2.24) is 4.57 Å². The van der Waals surface area contributed by atoms with Crippen LogP contribution in [0.4, 0.5) is 10.5 Å². The molecule has 0 aliphatic carbocycles. The highest BCUT2D eigenvalue weighted by Gasteiger charge is 2.43. The third kappa shape index (κ3) is 5.01. The number of carbonyl (C=O) groups excluding carboxylic acids is 2. The molecule has 0 atom stereocenters. The fourth-order valence-corrected chi connectivity index (χ4v) is 5.22. The Balaban J connectivity index is 1.78. The fourth-order valence-electron chi connectivity index (χ4n) is 5.22. The second kappa shape index (κ2) is 11.4. The van der Waals surface area contributed by atoms with Gasteiger partial charge in [0.15, 0.2) is 5.79 Å². The van der Waals surface area contributed by atoms with Crippen molar-refractivity contribution >= 4 is 28.7 Å². The smallest absolute Gasteiger partial charge is 0.414 e. The van der Waals surface area contributed by atoms with Gasteiger partial charge in [-0.15, -0.1) is 0 Å². The van der Waals surface area contributed by atoms with E-state index in [0.717, 1.165) is 22.1 Å². The Morgan fingerprint density at radius 1 is 0.850 bits per heavy atom. The summed E-state index contributed by atoms with van der Waals surface area (Å²) >= 11 is 0. The SMILES string of the molecule is COC(=O)c1cc2c3c(cc(OCc4ccccc4)c2n1Cc1ccccc1)N(C(=O)OC)CC(OC)(OC)C3. The molecule has 0 unspecified atom stereocenters. The Kier molecular flexibility index (Phi) is 7.77. The number of methoxy groups -OCH3 is 4. The molecule has 9 nitrogen and oxygen atoms in total. The Labute approximate surface area is 232 Å². The van der Waals surface area contributed by atoms with Crippen molar-refractivity contribution in [2.75, 3.05) is 39.9 Å². The van der Waals surface area contributed by atoms with E-state index in [1.54, 1.807) is 20.3 Å². The van der Waals surface area contributed by atoms with Crippen molar-refractivity contribution < 1.29 is 33.3 Å². The van der Waals surface area contributed by atoms with Crippen LogP contribution in [0.15, 0.2) is 72.8 Å². The van der Waals surface area contributed by atoms with Crippen molar-refractivity contribution in [2.24, 2.45) is 0 Å². The third-order valence-corrected chi connectivity index (χ3v) is 7.32. The maximum atomic E-state index is 13.1. The lowest BCUT2D eigenvalue weighted by Gasteiger charge is -2.41. The average molecular weight is 545 g/mol. The first-order valence-corrected chi connectivity index (χ1v) is 12.9. The van der Waals surface area contributed by atoms with Crippen LogP contribution in [-0.2, 0) is 38.5 Å². The number of ether oxygens (including phenoxy) is 5. The van der Waals surface area contributed by atoms with E-state index >= 15 is 0 Å². The number of amides is 1. The molecule has 0 N–H and O–H groups in total. The first kappa shape index (κ1) is 27.2. The van der Waals surface area contributed by atoms with E-state index in [0.29, 0.717) is 35.6 Å². The van der Waals surface area contributed by atoms with E-state index in [1.165, 1.54) is 19.1 Å². The summed E-state index contributed by atoms with van der Waals surface area (Å²) in [5.41, 5.74) is 4.39. The highest BCUT2D eigenvalue weighted by atomic mass is 16.7. The number of nitrogens with zero attached hydrogens (tertiary/aromatic N) is 2. The van der Waals surface area contributed by atoms with Gasteiger partial charge in [-0.2, -0.15) is 0 Å². The van der Waals surface area contributed by atoms with Gasteiger partial charge in [0.2, 0.25) is 0 Å². The molecule has 0 fully saturated rings. The summed E-state index contributed by atoms with van der Waals surface area (Å²) in [7, 11) is 5.77. The maximum Gasteiger partial charge on any atom is 0.414 e. The fraction of sp³-hybridized carbons (Fsp3) is 0.290. The summed E-state index contributed by atoms with van der Waals surface area (Å²) in [6.45, 7) is 0.796. The molecule has 0 spiro atoms. The molecular formula is C31H32N2O7. The second-order valence-corrected chi connectivity index (χ2v) is 9.55. The number of carbonyl (C=O) groups is 2. The van der Waals surface area contributed by atoms with Crippen molar-refractivity contribution in [3.63, 3.8) is 0 Å². The summed E-state index contributed by atoms with van der Waals surface area (Å²) in [6, 6.07) is 23.2. The molecule has 1 amide bonds. The zero-order valence-corrected chi connectivity index (χ0v) is 23.0. The highest BCUT2D eigenvalue weighted by Crippen LogP contribution is 2.44. The molecule has 0 bridgehead atoms. The van der Waals surface area contributed by atoms with E-state index in [2.05, 4.69) is 0 Å². The van der Waals surface area contributed by atoms with Crippen LogP contribution >= 0.6 is 0 Å². The summed E-state index contributed by atoms with van der Waals surface area (Å²) in [4.78, 5) is 27.6. The molecule has 2 heterocycles. The van der Waals surface area contributed by atoms with Crippen LogP contribution < -0.4 is 9.64 Å². The van der Waals surface area contributed by atoms with Crippen molar-refractivity contribution in [1.29, 1.82) is 0 Å². The van der Waals surface area contributed by atoms with Gasteiger partial charge in [0.05, 0.1) is 32.0 Å². The molecule has 9 heteroatoms. The molecule has 208 valence electrons. The van der Waals surface area contributed by atoms with E-state index in [-0.39, 0.29) is 13.2 Å². The molecule has 40 heavy (non-hydrogen) atoms. The number of hydrogen-bond acceptors (Lipinski definition) is 7. The summed E-state index contributed by atoms with van der Waals surface area (Å²) < 4.78 is 30.2. The topological polar surface area (TPSA) is 88.5 Å². The van der Waals surface area contributed by atoms with Crippen LogP contribution in [0.5, 0.6) is 5.75 Å². The van der Waals surface area contributed by atoms with Crippen molar-refractivity contribution in [2.45, 2.75) is 25.4 Å². The van der Waals surface area contributed by atoms with E-state index in [1.807, 2.05) is 71.3 Å². The number of benzene rings is 3. The molecule has 1 aliphatic heterocycles. The van der Waals surface area contributed by atoms with Gasteiger partial charge < -0.3 is 28.3 Å². The van der Waals surface area contributed by atoms with Crippen LogP contribution in [0, 0.1) is 0 Å². The normalized spacial score (nSPS) is 14.1. The van der Waals surface area contributed by atoms with Gasteiger partial charge in [-0.05, 0) is 22.8 Å². The van der Waals surface area contributed by atoms with Crippen LogP contribution in [0.2, 0.25) is 0 Å². The van der Waals surface area contributed by atoms with Crippen LogP contribution in [-0.4, -0.2) is 57.4 Å². The number of fused-ring (bicyclic) bond motifs is 3. The maximum absolute atomic E-state index is 13.1. The summed E-state index contributed by atoms with van der Waals surface area (Å²) in [5, 5.41) is 0.726. The molecule has 3 aromatic carbocycles. The number of rotatable bonds is 8. The van der Waals surface area contributed by atoms with Gasteiger partial charge in [0.1, 0.15) is 18.1 Å². The zero-order valence-electron chi connectivity index (χ0n) is 23.0. The van der Waals surface area contributed by atoms with Crippen LogP contribution in [0.3, 0.4) is 0 Å². The van der Waals surface area contributed by atoms with Gasteiger partial charge in [0, 0.05) is 38.6 Å². The zero-order chi connectivity index (χ0) is 28.3. The predicted octanol–water partition coefficient (Wildman–Crippen LogP) is 5.17. The molecule has 0 saturated carbocycles. The Morgan fingerprint density at radius 3 is 2.10 bits per heavy atom. The quantitative estimate of drug-likeness (QED) is 0.223. The second-order valence-electron chi connectivity index (χ2n) is 9.55. The first-order valence-electron chi connectivity index (χ1n) is 12.9. The van der Waals surface area contributed by atoms with Gasteiger partial charge in [-0.25, -0.2) is 9.59 Å². The lowest BCUT2D eigenvalue weighted by atomic mass is 9.93. The Morgan fingerprint density at radius 2 is 1.50 bits per heavy atom. The lowest BCUT2D eigenvalue weighted by molar-refractivity contribution is -0.199. The molecule has 0 radical (unpaired) electrons. The minimum atomic E-state index is -1.12. The van der Waals surface area contributed by atoms with Crippen molar-refractivity contribution in [3.8, 4) is 5.75 Å². The minimum absolute atomic E-state index is 0.109. The number of aromatic nitrogens is 1. The average Bonchev–Trinajstić information content (AvgIpc) is 3.39. The predicted molar refractivity (Wildman–Crippen MR) is 150 cm³/mol. The van der Waals surface area contributed by atoms with E-state index in [9.17, 15) is 9.59 Å². The molecule has 1 aliphatic rings. The van der Waals surface area contributed by atoms with Gasteiger partial charge in [0.25, 0.3) is 0 Å². The standard InChI is InChI=1S/C31H32N2O7/c1-36-29(34)26-15-23-24-17-31(38-3,39-4)20-33(30(35)37-2)25(24)16-27(40-19-22-13-9-6-10-14-22)28(23)32(26)18-21-11-7-5-8-12-21/h5-16H,17-20H2,1-4H3. The van der Waals surface area contributed by atoms with E-state index in [4.69, 9.17) is 23.7 Å². The van der Waals surface area contributed by atoms with E-state index < -0.39 is 17.8 Å². The molecule has 4 aromatic rings. The highest BCUT2D eigenvalue weighted by molar-refractivity contribution is 6.03. The molecule has 1 aromatic heterocycles. The van der Waals surface area contributed by atoms with Gasteiger partial charge in [-0.3, -0.25) is 4.90 Å². The molecular weight excluding hydrogens is 512 g/mol. The van der Waals surface area contributed by atoms with Crippen LogP contribution in [0.25, 0.3) is 10.9 Å². The third-order valence-electron chi connectivity index (χ3n) is 7.32. The Hall–Kier alpha value is -4.34. The van der Waals surface area contributed by atoms with Crippen LogP contribution in [0.1, 0.15) is 27.2 Å². The monoisotopic (exact) mass is 544 g/mol. The van der Waals surface area contributed by atoms with Crippen molar-refractivity contribution in [3.05, 3.63) is 95.2 Å². The number of esters is 1. The summed E-state index contributed by atoms with van der Waals surface area (Å²) in [6.07, 6.45) is -0.237. The molecule has 0 saturated heterocycles. The largest absolute Gasteiger partial charge is 0.487 e. The number of hydrogen-bond donors (Lipinski definition) is 0. The lowest BCUT2D eigenvalue weighted by Crippen LogP contribution is -2.53. The Bertz CT molecular complexity index is 1510. The summed E-state index contributed by atoms with van der Waals surface area (Å²) in [5.74, 6) is -1.09. The van der Waals surface area contributed by atoms with Gasteiger partial charge >= 0.3 is 12.1 Å².